The van der Waals surface area contributed by atoms with Crippen LogP contribution in [0.15, 0.2) is 36.5 Å². The summed E-state index contributed by atoms with van der Waals surface area (Å²) in [5.41, 5.74) is 1.19. The molecule has 2 aromatic rings. The van der Waals surface area contributed by atoms with E-state index in [0.717, 1.165) is 45.2 Å². The normalized spacial score (nSPS) is 27.1. The number of hydrogen-bond acceptors (Lipinski definition) is 2. The average molecular weight is 340 g/mol. The van der Waals surface area contributed by atoms with E-state index < -0.39 is 0 Å². The molecule has 1 aliphatic carbocycles. The van der Waals surface area contributed by atoms with Gasteiger partial charge >= 0.3 is 0 Å². The molecule has 0 radical (unpaired) electrons. The highest BCUT2D eigenvalue weighted by Crippen LogP contribution is 2.35. The van der Waals surface area contributed by atoms with Crippen molar-refractivity contribution in [3.8, 4) is 0 Å². The first-order chi connectivity index (χ1) is 12.2. The Morgan fingerprint density at radius 2 is 1.92 bits per heavy atom. The summed E-state index contributed by atoms with van der Waals surface area (Å²) < 4.78 is 2.17. The number of aromatic nitrogens is 1. The molecule has 1 N–H and O–H groups in total. The van der Waals surface area contributed by atoms with Crippen LogP contribution in [0, 0.1) is 5.92 Å². The second-order valence-corrected chi connectivity index (χ2v) is 7.63. The van der Waals surface area contributed by atoms with Gasteiger partial charge < -0.3 is 14.6 Å². The Balaban J connectivity index is 1.41. The van der Waals surface area contributed by atoms with Gasteiger partial charge in [0, 0.05) is 43.2 Å². The Kier molecular flexibility index (Phi) is 4.80. The van der Waals surface area contributed by atoms with Crippen molar-refractivity contribution in [3.63, 3.8) is 0 Å². The van der Waals surface area contributed by atoms with Gasteiger partial charge in [-0.15, -0.1) is 0 Å². The number of carbonyl (C=O) groups excluding carboxylic acids is 1. The highest BCUT2D eigenvalue weighted by Gasteiger charge is 2.38. The number of carbonyl (C=O) groups is 1. The van der Waals surface area contributed by atoms with Gasteiger partial charge in [-0.2, -0.15) is 0 Å². The number of para-hydroxylation sites is 1. The molecule has 4 heteroatoms. The molecule has 0 bridgehead atoms. The monoisotopic (exact) mass is 340 g/mol. The summed E-state index contributed by atoms with van der Waals surface area (Å²) in [6.07, 6.45) is 8.81. The molecule has 1 aromatic heterocycles. The van der Waals surface area contributed by atoms with Gasteiger partial charge in [0.05, 0.1) is 6.10 Å². The van der Waals surface area contributed by atoms with Crippen molar-refractivity contribution in [1.82, 2.24) is 9.47 Å². The van der Waals surface area contributed by atoms with Crippen LogP contribution >= 0.6 is 0 Å². The molecule has 134 valence electrons. The van der Waals surface area contributed by atoms with Gasteiger partial charge in [-0.3, -0.25) is 4.79 Å². The number of hydrogen-bond donors (Lipinski definition) is 1. The van der Waals surface area contributed by atoms with Crippen molar-refractivity contribution in [3.05, 3.63) is 36.5 Å². The van der Waals surface area contributed by atoms with Crippen molar-refractivity contribution in [2.75, 3.05) is 6.54 Å². The second-order valence-electron chi connectivity index (χ2n) is 7.63. The first-order valence-corrected chi connectivity index (χ1v) is 9.75. The van der Waals surface area contributed by atoms with Crippen LogP contribution in [-0.4, -0.2) is 39.2 Å². The lowest BCUT2D eigenvalue weighted by Crippen LogP contribution is -2.45. The van der Waals surface area contributed by atoms with E-state index >= 15 is 0 Å². The molecule has 2 aliphatic rings. The van der Waals surface area contributed by atoms with E-state index in [4.69, 9.17) is 0 Å². The van der Waals surface area contributed by atoms with Crippen LogP contribution in [0.2, 0.25) is 0 Å². The average Bonchev–Trinajstić information content (AvgIpc) is 3.27. The van der Waals surface area contributed by atoms with Crippen molar-refractivity contribution in [2.24, 2.45) is 5.92 Å². The van der Waals surface area contributed by atoms with Crippen LogP contribution in [0.3, 0.4) is 0 Å². The third-order valence-corrected chi connectivity index (χ3v) is 6.14. The molecular weight excluding hydrogens is 312 g/mol. The Morgan fingerprint density at radius 1 is 1.08 bits per heavy atom. The first-order valence-electron chi connectivity index (χ1n) is 9.75. The molecule has 1 aromatic carbocycles. The third-order valence-electron chi connectivity index (χ3n) is 6.14. The van der Waals surface area contributed by atoms with Gasteiger partial charge in [0.15, 0.2) is 0 Å². The molecule has 25 heavy (non-hydrogen) atoms. The molecule has 1 saturated carbocycles. The Labute approximate surface area is 149 Å². The van der Waals surface area contributed by atoms with Crippen molar-refractivity contribution >= 4 is 16.8 Å². The lowest BCUT2D eigenvalue weighted by Gasteiger charge is -2.37. The number of aryl methyl sites for hydroxylation is 1. The summed E-state index contributed by atoms with van der Waals surface area (Å²) in [7, 11) is 0. The van der Waals surface area contributed by atoms with E-state index in [0.29, 0.717) is 6.42 Å². The summed E-state index contributed by atoms with van der Waals surface area (Å²) in [5, 5.41) is 11.6. The second kappa shape index (κ2) is 7.20. The molecule has 3 atom stereocenters. The Hall–Kier alpha value is -1.81. The predicted molar refractivity (Wildman–Crippen MR) is 99.3 cm³/mol. The van der Waals surface area contributed by atoms with Gasteiger partial charge in [0.1, 0.15) is 0 Å². The lowest BCUT2D eigenvalue weighted by molar-refractivity contribution is -0.134. The topological polar surface area (TPSA) is 45.5 Å². The Morgan fingerprint density at radius 3 is 2.80 bits per heavy atom. The molecule has 1 saturated heterocycles. The largest absolute Gasteiger partial charge is 0.393 e. The standard InChI is InChI=1S/C21H28N2O2/c24-20-10-4-2-7-17(20)19-9-5-13-23(19)21(25)12-15-22-14-11-16-6-1-3-8-18(16)22/h1,3,6,8,11,14,17,19-20,24H,2,4-5,7,9-10,12-13,15H2/t17-,19+,20+/m0/s1. The van der Waals surface area contributed by atoms with Gasteiger partial charge in [-0.25, -0.2) is 0 Å². The number of amides is 1. The van der Waals surface area contributed by atoms with Gasteiger partial charge in [0.2, 0.25) is 5.91 Å². The quantitative estimate of drug-likeness (QED) is 0.925. The van der Waals surface area contributed by atoms with Crippen LogP contribution in [0.5, 0.6) is 0 Å². The fraction of sp³-hybridized carbons (Fsp3) is 0.571. The fourth-order valence-electron chi connectivity index (χ4n) is 4.83. The van der Waals surface area contributed by atoms with E-state index in [1.54, 1.807) is 0 Å². The van der Waals surface area contributed by atoms with Gasteiger partial charge in [-0.1, -0.05) is 31.0 Å². The molecule has 4 rings (SSSR count). The smallest absolute Gasteiger partial charge is 0.224 e. The maximum atomic E-state index is 12.9. The number of aliphatic hydroxyl groups is 1. The molecular formula is C21H28N2O2. The summed E-state index contributed by atoms with van der Waals surface area (Å²) in [4.78, 5) is 14.9. The highest BCUT2D eigenvalue weighted by molar-refractivity contribution is 5.80. The third kappa shape index (κ3) is 3.32. The maximum Gasteiger partial charge on any atom is 0.224 e. The minimum Gasteiger partial charge on any atom is -0.393 e. The van der Waals surface area contributed by atoms with E-state index in [2.05, 4.69) is 33.9 Å². The Bertz CT molecular complexity index is 738. The van der Waals surface area contributed by atoms with E-state index in [-0.39, 0.29) is 24.0 Å². The van der Waals surface area contributed by atoms with E-state index in [1.165, 1.54) is 17.3 Å². The van der Waals surface area contributed by atoms with E-state index in [1.807, 2.05) is 12.1 Å². The van der Waals surface area contributed by atoms with Crippen LogP contribution in [0.25, 0.3) is 10.9 Å². The summed E-state index contributed by atoms with van der Waals surface area (Å²) in [6.45, 7) is 1.59. The molecule has 2 heterocycles. The molecule has 4 nitrogen and oxygen atoms in total. The summed E-state index contributed by atoms with van der Waals surface area (Å²) in [6, 6.07) is 10.7. The zero-order chi connectivity index (χ0) is 17.2. The van der Waals surface area contributed by atoms with Crippen molar-refractivity contribution in [2.45, 2.75) is 63.6 Å². The fourth-order valence-corrected chi connectivity index (χ4v) is 4.83. The first kappa shape index (κ1) is 16.6. The van der Waals surface area contributed by atoms with E-state index in [9.17, 15) is 9.90 Å². The predicted octanol–water partition coefficient (Wildman–Crippen LogP) is 3.57. The number of rotatable bonds is 4. The molecule has 2 fully saturated rings. The zero-order valence-electron chi connectivity index (χ0n) is 14.8. The summed E-state index contributed by atoms with van der Waals surface area (Å²) >= 11 is 0. The molecule has 1 aliphatic heterocycles. The number of fused-ring (bicyclic) bond motifs is 1. The number of nitrogens with zero attached hydrogens (tertiary/aromatic N) is 2. The number of benzene rings is 1. The van der Waals surface area contributed by atoms with Gasteiger partial charge in [0.25, 0.3) is 0 Å². The minimum atomic E-state index is -0.222. The van der Waals surface area contributed by atoms with Crippen molar-refractivity contribution < 1.29 is 9.90 Å². The highest BCUT2D eigenvalue weighted by atomic mass is 16.3. The van der Waals surface area contributed by atoms with Crippen LogP contribution in [-0.2, 0) is 11.3 Å². The zero-order valence-corrected chi connectivity index (χ0v) is 14.8. The van der Waals surface area contributed by atoms with Crippen LogP contribution in [0.4, 0.5) is 0 Å². The minimum absolute atomic E-state index is 0.222. The lowest BCUT2D eigenvalue weighted by atomic mass is 9.80. The summed E-state index contributed by atoms with van der Waals surface area (Å²) in [5.74, 6) is 0.533. The van der Waals surface area contributed by atoms with Crippen LogP contribution < -0.4 is 0 Å². The van der Waals surface area contributed by atoms with Gasteiger partial charge in [-0.05, 0) is 43.2 Å². The van der Waals surface area contributed by atoms with Crippen LogP contribution in [0.1, 0.15) is 44.9 Å². The number of aliphatic hydroxyl groups excluding tert-OH is 1. The molecule has 0 spiro atoms. The number of likely N-dealkylation sites (tertiary alicyclic amines) is 1. The molecule has 0 unspecified atom stereocenters. The SMILES string of the molecule is O=C(CCn1ccc2ccccc21)N1CCC[C@@H]1[C@@H]1CCCC[C@H]1O. The molecule has 1 amide bonds. The maximum absolute atomic E-state index is 12.9. The van der Waals surface area contributed by atoms with Crippen molar-refractivity contribution in [1.29, 1.82) is 0 Å².